The van der Waals surface area contributed by atoms with Crippen LogP contribution in [-0.4, -0.2) is 34.7 Å². The largest absolute Gasteiger partial charge is 0.348 e. The number of carbonyl (C=O) groups is 2. The summed E-state index contributed by atoms with van der Waals surface area (Å²) in [6, 6.07) is -0.0917. The zero-order valence-electron chi connectivity index (χ0n) is 9.90. The number of nitrogens with zero attached hydrogens (tertiary/aromatic N) is 2. The molecular formula is C11H15N3O3. The van der Waals surface area contributed by atoms with Gasteiger partial charge < -0.3 is 4.90 Å². The predicted octanol–water partition coefficient (Wildman–Crippen LogP) is 0.349. The number of rotatable bonds is 3. The molecule has 0 unspecified atom stereocenters. The molecule has 6 nitrogen and oxygen atoms in total. The van der Waals surface area contributed by atoms with Crippen LogP contribution in [0, 0.1) is 0 Å². The van der Waals surface area contributed by atoms with Crippen molar-refractivity contribution in [3.63, 3.8) is 0 Å². The number of aromatic nitrogens is 2. The SMILES string of the molecule is CC(C)n1c(C=O)c(N2CCC(=O)C2)[nH]c1=O. The Morgan fingerprint density at radius 3 is 2.53 bits per heavy atom. The Balaban J connectivity index is 2.48. The Bertz CT molecular complexity index is 513. The van der Waals surface area contributed by atoms with Crippen LogP contribution < -0.4 is 10.6 Å². The number of aromatic amines is 1. The van der Waals surface area contributed by atoms with Crippen molar-refractivity contribution < 1.29 is 9.59 Å². The Kier molecular flexibility index (Phi) is 2.87. The molecule has 0 aliphatic carbocycles. The molecule has 1 aromatic rings. The lowest BCUT2D eigenvalue weighted by atomic mass is 10.3. The van der Waals surface area contributed by atoms with E-state index < -0.39 is 0 Å². The topological polar surface area (TPSA) is 75.2 Å². The van der Waals surface area contributed by atoms with E-state index >= 15 is 0 Å². The van der Waals surface area contributed by atoms with Crippen molar-refractivity contribution in [1.29, 1.82) is 0 Å². The van der Waals surface area contributed by atoms with Crippen LogP contribution in [-0.2, 0) is 4.79 Å². The number of carbonyl (C=O) groups excluding carboxylic acids is 2. The van der Waals surface area contributed by atoms with Crippen molar-refractivity contribution >= 4 is 17.9 Å². The molecule has 1 saturated heterocycles. The lowest BCUT2D eigenvalue weighted by Gasteiger charge is -2.15. The highest BCUT2D eigenvalue weighted by molar-refractivity contribution is 5.89. The molecule has 92 valence electrons. The molecule has 0 saturated carbocycles. The lowest BCUT2D eigenvalue weighted by Crippen LogP contribution is -2.21. The third-order valence-corrected chi connectivity index (χ3v) is 2.92. The molecule has 1 N–H and O–H groups in total. The van der Waals surface area contributed by atoms with E-state index in [-0.39, 0.29) is 24.1 Å². The highest BCUT2D eigenvalue weighted by Gasteiger charge is 2.26. The number of ketones is 1. The Hall–Kier alpha value is -1.85. The number of anilines is 1. The van der Waals surface area contributed by atoms with E-state index in [1.807, 2.05) is 13.8 Å². The molecule has 1 aromatic heterocycles. The molecule has 6 heteroatoms. The molecule has 2 rings (SSSR count). The molecule has 1 fully saturated rings. The van der Waals surface area contributed by atoms with Crippen LogP contribution in [0.15, 0.2) is 4.79 Å². The molecule has 1 aliphatic rings. The van der Waals surface area contributed by atoms with Crippen molar-refractivity contribution in [3.05, 3.63) is 16.2 Å². The van der Waals surface area contributed by atoms with Crippen LogP contribution in [0.3, 0.4) is 0 Å². The zero-order valence-corrected chi connectivity index (χ0v) is 9.90. The highest BCUT2D eigenvalue weighted by Crippen LogP contribution is 2.20. The van der Waals surface area contributed by atoms with Gasteiger partial charge in [-0.1, -0.05) is 0 Å². The summed E-state index contributed by atoms with van der Waals surface area (Å²) in [6.07, 6.45) is 1.13. The first kappa shape index (κ1) is 11.6. The highest BCUT2D eigenvalue weighted by atomic mass is 16.2. The van der Waals surface area contributed by atoms with Crippen molar-refractivity contribution in [2.24, 2.45) is 0 Å². The van der Waals surface area contributed by atoms with Gasteiger partial charge in [0, 0.05) is 19.0 Å². The van der Waals surface area contributed by atoms with Gasteiger partial charge in [-0.05, 0) is 13.8 Å². The maximum absolute atomic E-state index is 11.7. The molecule has 0 atom stereocenters. The molecule has 1 aliphatic heterocycles. The van der Waals surface area contributed by atoms with E-state index in [0.29, 0.717) is 30.8 Å². The molecule has 0 bridgehead atoms. The maximum atomic E-state index is 11.7. The third-order valence-electron chi connectivity index (χ3n) is 2.92. The maximum Gasteiger partial charge on any atom is 0.327 e. The van der Waals surface area contributed by atoms with Gasteiger partial charge in [0.2, 0.25) is 0 Å². The quantitative estimate of drug-likeness (QED) is 0.770. The number of nitrogens with one attached hydrogen (secondary N) is 1. The van der Waals surface area contributed by atoms with Gasteiger partial charge in [-0.3, -0.25) is 19.1 Å². The second-order valence-electron chi connectivity index (χ2n) is 4.46. The van der Waals surface area contributed by atoms with Crippen molar-refractivity contribution in [2.45, 2.75) is 26.3 Å². The standard InChI is InChI=1S/C11H15N3O3/c1-7(2)14-9(6-15)10(12-11(14)17)13-4-3-8(16)5-13/h6-7H,3-5H2,1-2H3,(H,12,17). The number of hydrogen-bond acceptors (Lipinski definition) is 4. The summed E-state index contributed by atoms with van der Waals surface area (Å²) >= 11 is 0. The number of H-pyrrole nitrogens is 1. The van der Waals surface area contributed by atoms with Crippen molar-refractivity contribution in [1.82, 2.24) is 9.55 Å². The van der Waals surface area contributed by atoms with Crippen LogP contribution in [0.5, 0.6) is 0 Å². The smallest absolute Gasteiger partial charge is 0.327 e. The van der Waals surface area contributed by atoms with Gasteiger partial charge in [-0.25, -0.2) is 4.79 Å². The Labute approximate surface area is 98.2 Å². The van der Waals surface area contributed by atoms with Gasteiger partial charge >= 0.3 is 5.69 Å². The van der Waals surface area contributed by atoms with E-state index in [4.69, 9.17) is 0 Å². The summed E-state index contributed by atoms with van der Waals surface area (Å²) < 4.78 is 1.41. The second-order valence-corrected chi connectivity index (χ2v) is 4.46. The second kappa shape index (κ2) is 4.20. The van der Waals surface area contributed by atoms with Crippen molar-refractivity contribution in [2.75, 3.05) is 18.0 Å². The average Bonchev–Trinajstić information content (AvgIpc) is 2.81. The number of hydrogen-bond donors (Lipinski definition) is 1. The van der Waals surface area contributed by atoms with E-state index in [0.717, 1.165) is 0 Å². The fraction of sp³-hybridized carbons (Fsp3) is 0.545. The van der Waals surface area contributed by atoms with Gasteiger partial charge in [0.1, 0.15) is 11.5 Å². The summed E-state index contributed by atoms with van der Waals surface area (Å²) in [5, 5.41) is 0. The van der Waals surface area contributed by atoms with Gasteiger partial charge in [-0.2, -0.15) is 0 Å². The van der Waals surface area contributed by atoms with E-state index in [1.165, 1.54) is 4.57 Å². The molecule has 0 amide bonds. The predicted molar refractivity (Wildman–Crippen MR) is 62.7 cm³/mol. The Morgan fingerprint density at radius 1 is 1.35 bits per heavy atom. The third kappa shape index (κ3) is 1.90. The molecule has 0 aromatic carbocycles. The van der Waals surface area contributed by atoms with Gasteiger partial charge in [0.25, 0.3) is 0 Å². The lowest BCUT2D eigenvalue weighted by molar-refractivity contribution is -0.116. The van der Waals surface area contributed by atoms with Crippen LogP contribution in [0.25, 0.3) is 0 Å². The van der Waals surface area contributed by atoms with Gasteiger partial charge in [-0.15, -0.1) is 0 Å². The number of aldehydes is 1. The minimum Gasteiger partial charge on any atom is -0.348 e. The minimum absolute atomic E-state index is 0.0917. The van der Waals surface area contributed by atoms with Crippen LogP contribution in [0.4, 0.5) is 5.82 Å². The fourth-order valence-electron chi connectivity index (χ4n) is 2.14. The van der Waals surface area contributed by atoms with E-state index in [2.05, 4.69) is 4.98 Å². The van der Waals surface area contributed by atoms with Crippen molar-refractivity contribution in [3.8, 4) is 0 Å². The monoisotopic (exact) mass is 237 g/mol. The minimum atomic E-state index is -0.309. The summed E-state index contributed by atoms with van der Waals surface area (Å²) in [7, 11) is 0. The van der Waals surface area contributed by atoms with Crippen LogP contribution in [0.1, 0.15) is 36.8 Å². The summed E-state index contributed by atoms with van der Waals surface area (Å²) in [5.41, 5.74) is 0.0103. The molecular weight excluding hydrogens is 222 g/mol. The first-order valence-corrected chi connectivity index (χ1v) is 5.61. The zero-order chi connectivity index (χ0) is 12.6. The molecule has 0 radical (unpaired) electrons. The number of Topliss-reactive ketones (excluding diaryl/α,β-unsaturated/α-hetero) is 1. The summed E-state index contributed by atoms with van der Waals surface area (Å²) in [5.74, 6) is 0.588. The van der Waals surface area contributed by atoms with E-state index in [1.54, 1.807) is 4.90 Å². The molecule has 2 heterocycles. The summed E-state index contributed by atoms with van der Waals surface area (Å²) in [4.78, 5) is 38.5. The number of imidazole rings is 1. The van der Waals surface area contributed by atoms with Crippen LogP contribution in [0.2, 0.25) is 0 Å². The van der Waals surface area contributed by atoms with Crippen LogP contribution >= 0.6 is 0 Å². The molecule has 17 heavy (non-hydrogen) atoms. The average molecular weight is 237 g/mol. The first-order chi connectivity index (χ1) is 8.04. The first-order valence-electron chi connectivity index (χ1n) is 5.61. The fourth-order valence-corrected chi connectivity index (χ4v) is 2.14. The Morgan fingerprint density at radius 2 is 2.06 bits per heavy atom. The van der Waals surface area contributed by atoms with E-state index in [9.17, 15) is 14.4 Å². The summed E-state index contributed by atoms with van der Waals surface area (Å²) in [6.45, 7) is 4.49. The van der Waals surface area contributed by atoms with Gasteiger partial charge in [0.05, 0.1) is 6.54 Å². The van der Waals surface area contributed by atoms with Gasteiger partial charge in [0.15, 0.2) is 12.1 Å². The normalized spacial score (nSPS) is 15.9. The molecule has 0 spiro atoms.